The molecule has 1 aromatic carbocycles. The van der Waals surface area contributed by atoms with Crippen LogP contribution < -0.4 is 21.9 Å². The van der Waals surface area contributed by atoms with Gasteiger partial charge in [0, 0.05) is 17.7 Å². The molecule has 1 amide bonds. The fraction of sp³-hybridized carbons (Fsp3) is 0.211. The number of hydrogen-bond acceptors (Lipinski definition) is 9. The third-order valence-corrected chi connectivity index (χ3v) is 4.36. The second kappa shape index (κ2) is 11.5. The van der Waals surface area contributed by atoms with E-state index in [9.17, 15) is 19.2 Å². The van der Waals surface area contributed by atoms with E-state index in [4.69, 9.17) is 15.9 Å². The van der Waals surface area contributed by atoms with E-state index in [0.717, 1.165) is 0 Å². The van der Waals surface area contributed by atoms with Crippen LogP contribution in [-0.2, 0) is 16.1 Å². The van der Waals surface area contributed by atoms with Crippen molar-refractivity contribution in [1.29, 1.82) is 0 Å². The molecule has 0 aliphatic heterocycles. The van der Waals surface area contributed by atoms with E-state index < -0.39 is 29.4 Å². The first-order valence-corrected chi connectivity index (χ1v) is 9.33. The number of benzene rings is 1. The van der Waals surface area contributed by atoms with Gasteiger partial charge >= 0.3 is 49.7 Å². The van der Waals surface area contributed by atoms with Crippen molar-refractivity contribution in [3.63, 3.8) is 0 Å². The predicted molar refractivity (Wildman–Crippen MR) is 120 cm³/mol. The Morgan fingerprint density at radius 1 is 1.12 bits per heavy atom. The molecule has 14 heteroatoms. The number of aromatic amines is 1. The summed E-state index contributed by atoms with van der Waals surface area (Å²) < 4.78 is 0. The van der Waals surface area contributed by atoms with Crippen LogP contribution in [0.5, 0.6) is 0 Å². The summed E-state index contributed by atoms with van der Waals surface area (Å²) in [6, 6.07) is 4.86. The number of nitrogens with one attached hydrogen (secondary N) is 3. The molecule has 0 aliphatic carbocycles. The molecule has 0 fully saturated rings. The van der Waals surface area contributed by atoms with Crippen molar-refractivity contribution >= 4 is 78.4 Å². The molecule has 0 bridgehead atoms. The van der Waals surface area contributed by atoms with Crippen molar-refractivity contribution < 1.29 is 24.6 Å². The van der Waals surface area contributed by atoms with Crippen LogP contribution in [0.2, 0.25) is 0 Å². The molecule has 0 saturated heterocycles. The second-order valence-electron chi connectivity index (χ2n) is 6.71. The summed E-state index contributed by atoms with van der Waals surface area (Å²) in [6.45, 7) is 0.231. The summed E-state index contributed by atoms with van der Waals surface area (Å²) in [6.07, 6.45) is 0.840. The molecule has 33 heavy (non-hydrogen) atoms. The van der Waals surface area contributed by atoms with E-state index in [-0.39, 0.29) is 79.8 Å². The van der Waals surface area contributed by atoms with Crippen molar-refractivity contribution in [2.75, 3.05) is 11.1 Å². The zero-order chi connectivity index (χ0) is 23.3. The normalized spacial score (nSPS) is 11.3. The molecule has 0 aliphatic rings. The monoisotopic (exact) mass is 483 g/mol. The average Bonchev–Trinajstić information content (AvgIpc) is 2.75. The number of carboxylic acid groups (broad SMARTS) is 2. The SMILES string of the molecule is Nc1nc2ncc(CNc3ccc(C(=O)NC(CCC(=O)O)C(=O)O)cc3)nc2c(=O)[nH]1.[CaH2]. The Kier molecular flexibility index (Phi) is 9.08. The minimum atomic E-state index is -1.31. The van der Waals surface area contributed by atoms with Gasteiger partial charge in [-0.1, -0.05) is 0 Å². The molecule has 2 aromatic heterocycles. The van der Waals surface area contributed by atoms with E-state index >= 15 is 0 Å². The molecule has 2 heterocycles. The fourth-order valence-electron chi connectivity index (χ4n) is 2.75. The third kappa shape index (κ3) is 7.10. The molecule has 1 unspecified atom stereocenters. The molecule has 3 rings (SSSR count). The maximum atomic E-state index is 12.3. The number of nitrogens with zero attached hydrogens (tertiary/aromatic N) is 3. The number of carbonyl (C=O) groups is 3. The summed E-state index contributed by atoms with van der Waals surface area (Å²) in [5.41, 5.74) is 6.47. The minimum absolute atomic E-state index is 0. The quantitative estimate of drug-likeness (QED) is 0.204. The number of aromatic nitrogens is 4. The average molecular weight is 483 g/mol. The molecule has 0 radical (unpaired) electrons. The van der Waals surface area contributed by atoms with Crippen LogP contribution in [0.1, 0.15) is 28.9 Å². The zero-order valence-electron chi connectivity index (χ0n) is 16.5. The van der Waals surface area contributed by atoms with Gasteiger partial charge in [-0.15, -0.1) is 0 Å². The van der Waals surface area contributed by atoms with Crippen molar-refractivity contribution in [1.82, 2.24) is 25.3 Å². The topological polar surface area (TPSA) is 213 Å². The van der Waals surface area contributed by atoms with Gasteiger partial charge in [-0.25, -0.2) is 14.8 Å². The number of nitrogens with two attached hydrogens (primary N) is 1. The summed E-state index contributed by atoms with van der Waals surface area (Å²) in [7, 11) is 0. The van der Waals surface area contributed by atoms with Crippen LogP contribution in [0.3, 0.4) is 0 Å². The Balaban J connectivity index is 0.00000385. The van der Waals surface area contributed by atoms with Crippen LogP contribution >= 0.6 is 0 Å². The Hall–Kier alpha value is -3.29. The second-order valence-corrected chi connectivity index (χ2v) is 6.71. The van der Waals surface area contributed by atoms with E-state index in [0.29, 0.717) is 11.4 Å². The number of amides is 1. The molecule has 170 valence electrons. The van der Waals surface area contributed by atoms with Gasteiger partial charge in [0.15, 0.2) is 11.2 Å². The number of rotatable bonds is 9. The van der Waals surface area contributed by atoms with E-state index in [1.54, 1.807) is 12.1 Å². The Morgan fingerprint density at radius 3 is 2.45 bits per heavy atom. The first kappa shape index (κ1) is 26.0. The number of aliphatic carboxylic acids is 2. The van der Waals surface area contributed by atoms with Crippen molar-refractivity contribution in [2.45, 2.75) is 25.4 Å². The van der Waals surface area contributed by atoms with Crippen LogP contribution in [-0.4, -0.2) is 91.8 Å². The first-order chi connectivity index (χ1) is 15.2. The first-order valence-electron chi connectivity index (χ1n) is 9.33. The standard InChI is InChI=1S/C19H19N7O6.Ca.2H/c20-19-25-15-14(17(30)26-19)23-11(8-22-15)7-21-10-3-1-9(2-4-10)16(29)24-12(18(31)32)5-6-13(27)28;;;/h1-4,8,12,21H,5-7H2,(H,24,29)(H,27,28)(H,31,32)(H3,20,22,25,26,30);;;. The Bertz CT molecular complexity index is 1230. The number of anilines is 2. The number of hydrogen-bond donors (Lipinski definition) is 6. The summed E-state index contributed by atoms with van der Waals surface area (Å²) >= 11 is 0. The maximum absolute atomic E-state index is 12.3. The van der Waals surface area contributed by atoms with Crippen LogP contribution in [0.15, 0.2) is 35.3 Å². The van der Waals surface area contributed by atoms with Crippen LogP contribution in [0, 0.1) is 0 Å². The number of carboxylic acids is 2. The van der Waals surface area contributed by atoms with Crippen LogP contribution in [0.4, 0.5) is 11.6 Å². The summed E-state index contributed by atoms with van der Waals surface area (Å²) in [4.78, 5) is 60.6. The number of fused-ring (bicyclic) bond motifs is 1. The van der Waals surface area contributed by atoms with E-state index in [1.165, 1.54) is 18.3 Å². The number of carbonyl (C=O) groups excluding carboxylic acids is 1. The molecule has 0 spiro atoms. The molecular formula is C19H21CaN7O6. The predicted octanol–water partition coefficient (Wildman–Crippen LogP) is -0.961. The van der Waals surface area contributed by atoms with Gasteiger partial charge in [0.25, 0.3) is 11.5 Å². The molecule has 1 atom stereocenters. The van der Waals surface area contributed by atoms with E-state index in [2.05, 4.69) is 30.6 Å². The Morgan fingerprint density at radius 2 is 1.82 bits per heavy atom. The van der Waals surface area contributed by atoms with Gasteiger partial charge in [0.2, 0.25) is 5.95 Å². The fourth-order valence-corrected chi connectivity index (χ4v) is 2.75. The summed E-state index contributed by atoms with van der Waals surface area (Å²) in [5.74, 6) is -3.16. The van der Waals surface area contributed by atoms with Gasteiger partial charge in [0.1, 0.15) is 6.04 Å². The number of H-pyrrole nitrogens is 1. The molecular weight excluding hydrogens is 462 g/mol. The van der Waals surface area contributed by atoms with Crippen molar-refractivity contribution in [2.24, 2.45) is 0 Å². The van der Waals surface area contributed by atoms with Crippen LogP contribution in [0.25, 0.3) is 11.2 Å². The molecule has 7 N–H and O–H groups in total. The summed E-state index contributed by atoms with van der Waals surface area (Å²) in [5, 5.41) is 23.2. The van der Waals surface area contributed by atoms with Crippen molar-refractivity contribution in [3.05, 3.63) is 52.1 Å². The van der Waals surface area contributed by atoms with E-state index in [1.807, 2.05) is 0 Å². The zero-order valence-corrected chi connectivity index (χ0v) is 16.5. The van der Waals surface area contributed by atoms with Gasteiger partial charge in [-0.2, -0.15) is 4.98 Å². The third-order valence-electron chi connectivity index (χ3n) is 4.36. The molecule has 13 nitrogen and oxygen atoms in total. The van der Waals surface area contributed by atoms with Crippen molar-refractivity contribution in [3.8, 4) is 0 Å². The molecule has 0 saturated carbocycles. The van der Waals surface area contributed by atoms with Gasteiger partial charge < -0.3 is 26.6 Å². The van der Waals surface area contributed by atoms with Gasteiger partial charge in [0.05, 0.1) is 18.4 Å². The van der Waals surface area contributed by atoms with Gasteiger partial charge in [-0.05, 0) is 30.7 Å². The van der Waals surface area contributed by atoms with Gasteiger partial charge in [-0.3, -0.25) is 19.4 Å². The Labute approximate surface area is 215 Å². The molecule has 3 aromatic rings. The number of nitrogen functional groups attached to an aromatic ring is 1.